The number of carbonyl (C=O) groups excluding carboxylic acids is 2. The topological polar surface area (TPSA) is 67.2 Å². The third kappa shape index (κ3) is 4.73. The van der Waals surface area contributed by atoms with E-state index in [2.05, 4.69) is 10.4 Å². The van der Waals surface area contributed by atoms with Crippen molar-refractivity contribution in [1.82, 2.24) is 20.0 Å². The lowest BCUT2D eigenvalue weighted by atomic mass is 10.2. The van der Waals surface area contributed by atoms with Gasteiger partial charge >= 0.3 is 0 Å². The van der Waals surface area contributed by atoms with Gasteiger partial charge in [-0.3, -0.25) is 9.59 Å². The zero-order valence-electron chi connectivity index (χ0n) is 16.5. The summed E-state index contributed by atoms with van der Waals surface area (Å²) < 4.78 is 1.78. The fraction of sp³-hybridized carbons (Fsp3) is 0.476. The van der Waals surface area contributed by atoms with Crippen molar-refractivity contribution >= 4 is 23.4 Å². The molecule has 1 fully saturated rings. The van der Waals surface area contributed by atoms with E-state index in [0.29, 0.717) is 30.1 Å². The Balaban J connectivity index is 1.50. The second-order valence-corrected chi connectivity index (χ2v) is 7.62. The van der Waals surface area contributed by atoms with Crippen LogP contribution in [0.3, 0.4) is 0 Å². The predicted octanol–water partition coefficient (Wildman–Crippen LogP) is 3.67. The molecule has 0 bridgehead atoms. The third-order valence-corrected chi connectivity index (χ3v) is 5.69. The van der Waals surface area contributed by atoms with Crippen LogP contribution in [0, 0.1) is 13.8 Å². The van der Waals surface area contributed by atoms with Crippen LogP contribution in [-0.4, -0.2) is 46.1 Å². The highest BCUT2D eigenvalue weighted by Crippen LogP contribution is 2.22. The number of halogens is 1. The average Bonchev–Trinajstić information content (AvgIpc) is 2.85. The van der Waals surface area contributed by atoms with Crippen LogP contribution in [0.5, 0.6) is 0 Å². The van der Waals surface area contributed by atoms with Gasteiger partial charge in [0.05, 0.1) is 22.1 Å². The minimum atomic E-state index is -0.111. The van der Waals surface area contributed by atoms with Crippen LogP contribution in [0.4, 0.5) is 0 Å². The lowest BCUT2D eigenvalue weighted by molar-refractivity contribution is -0.130. The van der Waals surface area contributed by atoms with E-state index in [1.807, 2.05) is 30.9 Å². The number of likely N-dealkylation sites (tertiary alicyclic amines) is 1. The molecular weight excluding hydrogens is 376 g/mol. The van der Waals surface area contributed by atoms with Gasteiger partial charge in [0, 0.05) is 31.6 Å². The summed E-state index contributed by atoms with van der Waals surface area (Å²) in [6.45, 7) is 5.88. The molecule has 2 amide bonds. The number of benzene rings is 1. The molecule has 1 N–H and O–H groups in total. The van der Waals surface area contributed by atoms with Crippen molar-refractivity contribution < 1.29 is 9.59 Å². The van der Waals surface area contributed by atoms with Gasteiger partial charge in [-0.2, -0.15) is 5.10 Å². The number of carbonyl (C=O) groups is 2. The fourth-order valence-electron chi connectivity index (χ4n) is 3.48. The molecule has 0 aliphatic carbocycles. The highest BCUT2D eigenvalue weighted by molar-refractivity contribution is 6.31. The van der Waals surface area contributed by atoms with Crippen molar-refractivity contribution in [1.29, 1.82) is 0 Å². The molecule has 0 saturated carbocycles. The molecule has 1 aromatic carbocycles. The molecule has 1 aliphatic rings. The second-order valence-electron chi connectivity index (χ2n) is 7.24. The first kappa shape index (κ1) is 20.4. The summed E-state index contributed by atoms with van der Waals surface area (Å²) in [6.07, 6.45) is 4.61. The maximum atomic E-state index is 12.4. The predicted molar refractivity (Wildman–Crippen MR) is 110 cm³/mol. The SMILES string of the molecule is Cc1nn(-c2ccc(C(=O)NCCCN3CCCCCC3=O)cc2)c(C)c1Cl. The van der Waals surface area contributed by atoms with E-state index in [1.54, 1.807) is 16.8 Å². The Morgan fingerprint density at radius 2 is 1.93 bits per heavy atom. The number of hydrogen-bond acceptors (Lipinski definition) is 3. The van der Waals surface area contributed by atoms with E-state index >= 15 is 0 Å². The van der Waals surface area contributed by atoms with Gasteiger partial charge in [-0.05, 0) is 57.4 Å². The molecular formula is C21H27ClN4O2. The van der Waals surface area contributed by atoms with Crippen molar-refractivity contribution in [3.63, 3.8) is 0 Å². The Morgan fingerprint density at radius 3 is 2.61 bits per heavy atom. The van der Waals surface area contributed by atoms with Gasteiger partial charge < -0.3 is 10.2 Å². The lowest BCUT2D eigenvalue weighted by Gasteiger charge is -2.20. The fourth-order valence-corrected chi connectivity index (χ4v) is 3.60. The summed E-state index contributed by atoms with van der Waals surface area (Å²) in [7, 11) is 0. The Morgan fingerprint density at radius 1 is 1.18 bits per heavy atom. The van der Waals surface area contributed by atoms with Crippen LogP contribution in [0.2, 0.25) is 5.02 Å². The maximum Gasteiger partial charge on any atom is 0.251 e. The van der Waals surface area contributed by atoms with E-state index < -0.39 is 0 Å². The summed E-state index contributed by atoms with van der Waals surface area (Å²) >= 11 is 6.20. The Hall–Kier alpha value is -2.34. The van der Waals surface area contributed by atoms with E-state index in [-0.39, 0.29) is 11.8 Å². The Labute approximate surface area is 170 Å². The van der Waals surface area contributed by atoms with Gasteiger partial charge in [-0.1, -0.05) is 18.0 Å². The number of rotatable bonds is 6. The molecule has 0 atom stereocenters. The molecule has 2 heterocycles. The minimum absolute atomic E-state index is 0.111. The number of hydrogen-bond donors (Lipinski definition) is 1. The molecule has 1 saturated heterocycles. The van der Waals surface area contributed by atoms with Crippen molar-refractivity contribution in [3.05, 3.63) is 46.2 Å². The van der Waals surface area contributed by atoms with E-state index in [9.17, 15) is 9.59 Å². The van der Waals surface area contributed by atoms with Crippen LogP contribution in [-0.2, 0) is 4.79 Å². The summed E-state index contributed by atoms with van der Waals surface area (Å²) in [4.78, 5) is 26.3. The van der Waals surface area contributed by atoms with Crippen molar-refractivity contribution in [2.45, 2.75) is 46.0 Å². The minimum Gasteiger partial charge on any atom is -0.352 e. The van der Waals surface area contributed by atoms with Crippen molar-refractivity contribution in [2.24, 2.45) is 0 Å². The number of aryl methyl sites for hydroxylation is 1. The largest absolute Gasteiger partial charge is 0.352 e. The van der Waals surface area contributed by atoms with E-state index in [1.165, 1.54) is 0 Å². The monoisotopic (exact) mass is 402 g/mol. The van der Waals surface area contributed by atoms with E-state index in [0.717, 1.165) is 49.3 Å². The summed E-state index contributed by atoms with van der Waals surface area (Å²) in [5, 5.41) is 8.01. The first-order valence-electron chi connectivity index (χ1n) is 9.85. The smallest absolute Gasteiger partial charge is 0.251 e. The molecule has 0 unspecified atom stereocenters. The molecule has 0 spiro atoms. The highest BCUT2D eigenvalue weighted by atomic mass is 35.5. The molecule has 7 heteroatoms. The standard InChI is InChI=1S/C21H27ClN4O2/c1-15-20(22)16(2)26(24-15)18-10-8-17(9-11-18)21(28)23-12-6-14-25-13-5-3-4-7-19(25)27/h8-11H,3-7,12-14H2,1-2H3,(H,23,28). The van der Waals surface area contributed by atoms with Crippen LogP contribution >= 0.6 is 11.6 Å². The number of nitrogens with one attached hydrogen (secondary N) is 1. The average molecular weight is 403 g/mol. The normalized spacial score (nSPS) is 14.8. The first-order chi connectivity index (χ1) is 13.5. The van der Waals surface area contributed by atoms with Crippen LogP contribution in [0.1, 0.15) is 53.8 Å². The number of amides is 2. The van der Waals surface area contributed by atoms with Gasteiger partial charge in [0.15, 0.2) is 0 Å². The van der Waals surface area contributed by atoms with Gasteiger partial charge in [-0.15, -0.1) is 0 Å². The lowest BCUT2D eigenvalue weighted by Crippen LogP contribution is -2.34. The first-order valence-corrected chi connectivity index (χ1v) is 10.2. The quantitative estimate of drug-likeness (QED) is 0.749. The maximum absolute atomic E-state index is 12.4. The second kappa shape index (κ2) is 9.24. The molecule has 2 aromatic rings. The van der Waals surface area contributed by atoms with Crippen molar-refractivity contribution in [2.75, 3.05) is 19.6 Å². The zero-order chi connectivity index (χ0) is 20.1. The van der Waals surface area contributed by atoms with Crippen LogP contribution in [0.15, 0.2) is 24.3 Å². The summed E-state index contributed by atoms with van der Waals surface area (Å²) in [5.41, 5.74) is 3.12. The summed E-state index contributed by atoms with van der Waals surface area (Å²) in [5.74, 6) is 0.129. The molecule has 6 nitrogen and oxygen atoms in total. The zero-order valence-corrected chi connectivity index (χ0v) is 17.3. The molecule has 150 valence electrons. The van der Waals surface area contributed by atoms with Gasteiger partial charge in [0.1, 0.15) is 0 Å². The van der Waals surface area contributed by atoms with Gasteiger partial charge in [0.2, 0.25) is 5.91 Å². The van der Waals surface area contributed by atoms with Gasteiger partial charge in [-0.25, -0.2) is 4.68 Å². The Bertz CT molecular complexity index is 845. The van der Waals surface area contributed by atoms with E-state index in [4.69, 9.17) is 11.6 Å². The third-order valence-electron chi connectivity index (χ3n) is 5.14. The molecule has 0 radical (unpaired) electrons. The molecule has 1 aliphatic heterocycles. The highest BCUT2D eigenvalue weighted by Gasteiger charge is 2.16. The molecule has 1 aromatic heterocycles. The number of nitrogens with zero attached hydrogens (tertiary/aromatic N) is 3. The molecule has 28 heavy (non-hydrogen) atoms. The van der Waals surface area contributed by atoms with Crippen molar-refractivity contribution in [3.8, 4) is 5.69 Å². The van der Waals surface area contributed by atoms with Crippen LogP contribution < -0.4 is 5.32 Å². The van der Waals surface area contributed by atoms with Crippen LogP contribution in [0.25, 0.3) is 5.69 Å². The van der Waals surface area contributed by atoms with Gasteiger partial charge in [0.25, 0.3) is 5.91 Å². The summed E-state index contributed by atoms with van der Waals surface area (Å²) in [6, 6.07) is 7.29. The number of aromatic nitrogens is 2. The molecule has 3 rings (SSSR count). The Kier molecular flexibility index (Phi) is 6.73.